The molecular formula is C24H22F2N4O4S2. The lowest BCUT2D eigenvalue weighted by Gasteiger charge is -2.11. The zero-order valence-corrected chi connectivity index (χ0v) is 20.9. The standard InChI is InChI=1S/C24H22F2N4O4S2/c1-3-10-36(33,34)30-22-20(25)9-8-17(21(22)26)23(31)19-13-29-24-18(19)11-15(12-28-24)14-4-6-16(7-5-14)35(2,27)32/h4-9,11-13,27,30H,3,10H2,1-2H3,(H,28,29). The van der Waals surface area contributed by atoms with Crippen molar-refractivity contribution in [3.8, 4) is 11.1 Å². The summed E-state index contributed by atoms with van der Waals surface area (Å²) in [5, 5.41) is 0.373. The Hall–Kier alpha value is -3.64. The maximum Gasteiger partial charge on any atom is 0.232 e. The molecule has 188 valence electrons. The molecule has 0 aliphatic heterocycles. The molecule has 36 heavy (non-hydrogen) atoms. The number of hydrogen-bond acceptors (Lipinski definition) is 6. The van der Waals surface area contributed by atoms with Crippen LogP contribution in [0.2, 0.25) is 0 Å². The third-order valence-electron chi connectivity index (χ3n) is 5.48. The molecule has 4 rings (SSSR count). The molecule has 8 nitrogen and oxygen atoms in total. The van der Waals surface area contributed by atoms with Gasteiger partial charge in [-0.1, -0.05) is 19.1 Å². The zero-order valence-electron chi connectivity index (χ0n) is 19.3. The monoisotopic (exact) mass is 532 g/mol. The van der Waals surface area contributed by atoms with Crippen molar-refractivity contribution in [2.45, 2.75) is 18.2 Å². The summed E-state index contributed by atoms with van der Waals surface area (Å²) in [7, 11) is -6.87. The van der Waals surface area contributed by atoms with E-state index in [1.54, 1.807) is 43.5 Å². The molecule has 4 aromatic rings. The predicted octanol–water partition coefficient (Wildman–Crippen LogP) is 4.93. The number of rotatable bonds is 8. The van der Waals surface area contributed by atoms with Gasteiger partial charge in [0.15, 0.2) is 11.6 Å². The van der Waals surface area contributed by atoms with E-state index in [1.807, 2.05) is 4.72 Å². The van der Waals surface area contributed by atoms with Crippen molar-refractivity contribution in [3.05, 3.63) is 77.6 Å². The number of nitrogens with zero attached hydrogens (tertiary/aromatic N) is 1. The Bertz CT molecular complexity index is 1700. The lowest BCUT2D eigenvalue weighted by molar-refractivity contribution is 0.103. The van der Waals surface area contributed by atoms with Gasteiger partial charge < -0.3 is 4.98 Å². The van der Waals surface area contributed by atoms with Crippen LogP contribution in [0.25, 0.3) is 22.2 Å². The first-order valence-electron chi connectivity index (χ1n) is 10.8. The molecule has 2 aromatic heterocycles. The highest BCUT2D eigenvalue weighted by atomic mass is 32.2. The van der Waals surface area contributed by atoms with Crippen LogP contribution in [-0.2, 0) is 19.8 Å². The van der Waals surface area contributed by atoms with Crippen molar-refractivity contribution in [3.63, 3.8) is 0 Å². The molecule has 3 N–H and O–H groups in total. The fourth-order valence-electron chi connectivity index (χ4n) is 3.70. The number of ketones is 1. The molecule has 2 heterocycles. The molecule has 0 saturated heterocycles. The molecule has 2 aromatic carbocycles. The highest BCUT2D eigenvalue weighted by molar-refractivity contribution is 7.92. The Morgan fingerprint density at radius 1 is 1.06 bits per heavy atom. The Labute approximate surface area is 206 Å². The van der Waals surface area contributed by atoms with E-state index >= 15 is 4.39 Å². The quantitative estimate of drug-likeness (QED) is 0.277. The van der Waals surface area contributed by atoms with E-state index < -0.39 is 48.4 Å². The first kappa shape index (κ1) is 25.5. The van der Waals surface area contributed by atoms with Crippen LogP contribution >= 0.6 is 0 Å². The summed E-state index contributed by atoms with van der Waals surface area (Å²) in [5.41, 5.74) is 0.309. The maximum atomic E-state index is 15.2. The molecule has 0 aliphatic carbocycles. The van der Waals surface area contributed by atoms with Crippen molar-refractivity contribution < 1.29 is 26.2 Å². The van der Waals surface area contributed by atoms with Crippen LogP contribution in [0.15, 0.2) is 59.8 Å². The van der Waals surface area contributed by atoms with Gasteiger partial charge in [-0.15, -0.1) is 0 Å². The number of nitrogens with one attached hydrogen (secondary N) is 3. The van der Waals surface area contributed by atoms with Gasteiger partial charge in [0.1, 0.15) is 17.2 Å². The second-order valence-corrected chi connectivity index (χ2v) is 12.2. The average Bonchev–Trinajstić information content (AvgIpc) is 3.24. The molecular weight excluding hydrogens is 510 g/mol. The van der Waals surface area contributed by atoms with E-state index in [2.05, 4.69) is 9.97 Å². The highest BCUT2D eigenvalue weighted by Crippen LogP contribution is 2.30. The smallest absolute Gasteiger partial charge is 0.232 e. The Morgan fingerprint density at radius 3 is 2.39 bits per heavy atom. The topological polar surface area (TPSA) is 133 Å². The molecule has 0 fully saturated rings. The average molecular weight is 533 g/mol. The molecule has 0 amide bonds. The zero-order chi connectivity index (χ0) is 26.3. The van der Waals surface area contributed by atoms with Crippen LogP contribution in [0.5, 0.6) is 0 Å². The lowest BCUT2D eigenvalue weighted by atomic mass is 10.00. The summed E-state index contributed by atoms with van der Waals surface area (Å²) in [6.45, 7) is 1.61. The Morgan fingerprint density at radius 2 is 1.75 bits per heavy atom. The van der Waals surface area contributed by atoms with Crippen LogP contribution in [-0.4, -0.2) is 40.4 Å². The van der Waals surface area contributed by atoms with Crippen molar-refractivity contribution in [1.82, 2.24) is 9.97 Å². The summed E-state index contributed by atoms with van der Waals surface area (Å²) in [5.74, 6) is -3.58. The largest absolute Gasteiger partial charge is 0.345 e. The van der Waals surface area contributed by atoms with Crippen molar-refractivity contribution in [2.24, 2.45) is 0 Å². The molecule has 0 radical (unpaired) electrons. The number of hydrogen-bond donors (Lipinski definition) is 3. The fourth-order valence-corrected chi connectivity index (χ4v) is 5.49. The van der Waals surface area contributed by atoms with Crippen LogP contribution < -0.4 is 4.72 Å². The normalized spacial score (nSPS) is 13.4. The molecule has 0 spiro atoms. The van der Waals surface area contributed by atoms with Gasteiger partial charge >= 0.3 is 0 Å². The number of sulfonamides is 1. The van der Waals surface area contributed by atoms with E-state index in [1.165, 1.54) is 12.5 Å². The molecule has 1 atom stereocenters. The van der Waals surface area contributed by atoms with Crippen molar-refractivity contribution in [1.29, 1.82) is 4.78 Å². The fraction of sp³-hybridized carbons (Fsp3) is 0.167. The van der Waals surface area contributed by atoms with Gasteiger partial charge in [0.25, 0.3) is 0 Å². The molecule has 1 unspecified atom stereocenters. The van der Waals surface area contributed by atoms with Crippen LogP contribution in [0.4, 0.5) is 14.5 Å². The molecule has 0 saturated carbocycles. The van der Waals surface area contributed by atoms with E-state index in [0.717, 1.165) is 12.1 Å². The van der Waals surface area contributed by atoms with Crippen molar-refractivity contribution in [2.75, 3.05) is 16.7 Å². The number of aromatic amines is 1. The van der Waals surface area contributed by atoms with Gasteiger partial charge in [-0.25, -0.2) is 31.2 Å². The van der Waals surface area contributed by atoms with Gasteiger partial charge in [-0.2, -0.15) is 0 Å². The summed E-state index contributed by atoms with van der Waals surface area (Å²) >= 11 is 0. The van der Waals surface area contributed by atoms with Gasteiger partial charge in [0.05, 0.1) is 21.0 Å². The lowest BCUT2D eigenvalue weighted by Crippen LogP contribution is -2.19. The van der Waals surface area contributed by atoms with E-state index in [0.29, 0.717) is 27.1 Å². The maximum absolute atomic E-state index is 15.2. The van der Waals surface area contributed by atoms with E-state index in [4.69, 9.17) is 4.78 Å². The summed E-state index contributed by atoms with van der Waals surface area (Å²) in [6, 6.07) is 9.97. The minimum Gasteiger partial charge on any atom is -0.345 e. The van der Waals surface area contributed by atoms with Crippen LogP contribution in [0, 0.1) is 16.4 Å². The number of aromatic nitrogens is 2. The first-order chi connectivity index (χ1) is 16.9. The number of benzene rings is 2. The minimum atomic E-state index is -4.00. The number of H-pyrrole nitrogens is 1. The Balaban J connectivity index is 1.75. The van der Waals surface area contributed by atoms with Gasteiger partial charge in [0, 0.05) is 40.1 Å². The summed E-state index contributed by atoms with van der Waals surface area (Å²) in [4.78, 5) is 20.8. The van der Waals surface area contributed by atoms with E-state index in [9.17, 15) is 21.8 Å². The number of fused-ring (bicyclic) bond motifs is 1. The predicted molar refractivity (Wildman–Crippen MR) is 134 cm³/mol. The third-order valence-corrected chi connectivity index (χ3v) is 8.11. The Kier molecular flexibility index (Phi) is 6.67. The van der Waals surface area contributed by atoms with Gasteiger partial charge in [-0.05, 0) is 42.3 Å². The number of carbonyl (C=O) groups is 1. The summed E-state index contributed by atoms with van der Waals surface area (Å²) in [6.07, 6.45) is 4.47. The SMILES string of the molecule is CCCS(=O)(=O)Nc1c(F)ccc(C(=O)c2c[nH]c3ncc(-c4ccc(S(C)(=N)=O)cc4)cc23)c1F. The number of carbonyl (C=O) groups excluding carboxylic acids is 1. The minimum absolute atomic E-state index is 0.0616. The summed E-state index contributed by atoms with van der Waals surface area (Å²) < 4.78 is 75.1. The van der Waals surface area contributed by atoms with E-state index in [-0.39, 0.29) is 17.7 Å². The molecule has 0 bridgehead atoms. The first-order valence-corrected chi connectivity index (χ1v) is 14.4. The number of anilines is 1. The number of pyridine rings is 1. The molecule has 0 aliphatic rings. The van der Waals surface area contributed by atoms with Gasteiger partial charge in [-0.3, -0.25) is 9.52 Å². The second-order valence-electron chi connectivity index (χ2n) is 8.22. The van der Waals surface area contributed by atoms with Crippen LogP contribution in [0.3, 0.4) is 0 Å². The number of halogens is 2. The highest BCUT2D eigenvalue weighted by Gasteiger charge is 2.25. The second kappa shape index (κ2) is 9.43. The van der Waals surface area contributed by atoms with Gasteiger partial charge in [0.2, 0.25) is 10.0 Å². The third kappa shape index (κ3) is 5.00. The van der Waals surface area contributed by atoms with Crippen molar-refractivity contribution >= 4 is 42.3 Å². The molecule has 12 heteroatoms. The van der Waals surface area contributed by atoms with Crippen LogP contribution in [0.1, 0.15) is 29.3 Å².